The van der Waals surface area contributed by atoms with Crippen molar-refractivity contribution in [1.29, 1.82) is 0 Å². The van der Waals surface area contributed by atoms with E-state index in [2.05, 4.69) is 0 Å². The maximum absolute atomic E-state index is 10.9. The van der Waals surface area contributed by atoms with Gasteiger partial charge in [-0.05, 0) is 12.8 Å². The molecule has 0 rings (SSSR count). The van der Waals surface area contributed by atoms with Crippen LogP contribution in [0.3, 0.4) is 0 Å². The molecule has 22 heteroatoms. The summed E-state index contributed by atoms with van der Waals surface area (Å²) < 4.78 is 0. The van der Waals surface area contributed by atoms with E-state index in [-0.39, 0.29) is 118 Å². The summed E-state index contributed by atoms with van der Waals surface area (Å²) in [5.41, 5.74) is 0. The van der Waals surface area contributed by atoms with Crippen LogP contribution in [0.25, 0.3) is 0 Å². The Bertz CT molecular complexity index is 760. The van der Waals surface area contributed by atoms with Crippen LogP contribution in [0.5, 0.6) is 0 Å². The topological polar surface area (TPSA) is 316 Å². The molecule has 0 bridgehead atoms. The first-order valence-electron chi connectivity index (χ1n) is 9.64. The van der Waals surface area contributed by atoms with Crippen LogP contribution in [0.4, 0.5) is 0 Å². The van der Waals surface area contributed by atoms with E-state index in [0.29, 0.717) is 9.80 Å². The minimum atomic E-state index is -1.67. The number of carbonyl (C=O) groups is 8. The molecule has 0 heterocycles. The van der Waals surface area contributed by atoms with Crippen LogP contribution >= 0.6 is 0 Å². The van der Waals surface area contributed by atoms with Gasteiger partial charge in [0.15, 0.2) is 0 Å². The maximum atomic E-state index is 10.9. The molecule has 0 aliphatic rings. The van der Waals surface area contributed by atoms with E-state index in [1.54, 1.807) is 0 Å². The van der Waals surface area contributed by atoms with Crippen molar-refractivity contribution in [3.05, 3.63) is 0 Å². The average molecular weight is 614 g/mol. The molecule has 0 saturated carbocycles. The van der Waals surface area contributed by atoms with Gasteiger partial charge in [0.05, 0.1) is 23.9 Å². The molecule has 4 N–H and O–H groups in total. The van der Waals surface area contributed by atoms with Gasteiger partial charge in [0.1, 0.15) is 12.1 Å². The Morgan fingerprint density at radius 3 is 0.800 bits per heavy atom. The predicted molar refractivity (Wildman–Crippen MR) is 99.8 cm³/mol. The van der Waals surface area contributed by atoms with Gasteiger partial charge in [-0.3, -0.25) is 29.0 Å². The number of nitrogens with zero attached hydrogens (tertiary/aromatic N) is 2. The Balaban J connectivity index is -0.000000131. The molecular formula is C18H22N2Na4O16. The number of carboxylic acid groups (broad SMARTS) is 8. The second-order valence-electron chi connectivity index (χ2n) is 6.87. The number of aliphatic carboxylic acids is 8. The summed E-state index contributed by atoms with van der Waals surface area (Å²) in [6.07, 6.45) is -1.92. The molecule has 0 aromatic carbocycles. The molecule has 0 aliphatic heterocycles. The molecular weight excluding hydrogens is 592 g/mol. The third-order valence-corrected chi connectivity index (χ3v) is 4.04. The van der Waals surface area contributed by atoms with Gasteiger partial charge >= 0.3 is 142 Å². The molecule has 0 aliphatic carbocycles. The molecule has 0 spiro atoms. The minimum Gasteiger partial charge on any atom is -0.549 e. The summed E-state index contributed by atoms with van der Waals surface area (Å²) in [6.45, 7) is -3.76. The van der Waals surface area contributed by atoms with Crippen LogP contribution in [-0.2, 0) is 38.4 Å². The number of hydrogen-bond acceptors (Lipinski definition) is 14. The van der Waals surface area contributed by atoms with E-state index < -0.39 is 112 Å². The molecule has 0 aromatic rings. The van der Waals surface area contributed by atoms with E-state index in [1.807, 2.05) is 0 Å². The third-order valence-electron chi connectivity index (χ3n) is 4.04. The number of hydrogen-bond donors (Lipinski definition) is 4. The van der Waals surface area contributed by atoms with Crippen LogP contribution in [0, 0.1) is 0 Å². The summed E-state index contributed by atoms with van der Waals surface area (Å²) >= 11 is 0. The smallest absolute Gasteiger partial charge is 0.549 e. The zero-order valence-electron chi connectivity index (χ0n) is 22.4. The van der Waals surface area contributed by atoms with Gasteiger partial charge in [-0.2, -0.15) is 0 Å². The summed E-state index contributed by atoms with van der Waals surface area (Å²) in [6, 6.07) is -3.09. The number of carbonyl (C=O) groups excluding carboxylic acids is 4. The zero-order chi connectivity index (χ0) is 28.6. The van der Waals surface area contributed by atoms with Crippen molar-refractivity contribution in [3.63, 3.8) is 0 Å². The van der Waals surface area contributed by atoms with Crippen LogP contribution in [0.2, 0.25) is 0 Å². The monoisotopic (exact) mass is 614 g/mol. The quantitative estimate of drug-likeness (QED) is 0.104. The second-order valence-corrected chi connectivity index (χ2v) is 6.87. The van der Waals surface area contributed by atoms with E-state index in [9.17, 15) is 58.8 Å². The Labute approximate surface area is 315 Å². The summed E-state index contributed by atoms with van der Waals surface area (Å²) in [5.74, 6) is -12.3. The molecule has 18 nitrogen and oxygen atoms in total. The average Bonchev–Trinajstić information content (AvgIpc) is 2.65. The van der Waals surface area contributed by atoms with Gasteiger partial charge in [0.2, 0.25) is 0 Å². The normalized spacial score (nSPS) is 10.8. The Morgan fingerprint density at radius 1 is 0.475 bits per heavy atom. The van der Waals surface area contributed by atoms with E-state index in [0.717, 1.165) is 0 Å². The standard InChI is InChI=1S/2C9H13NO8.4Na/c2*11-6(12)2-1-5(9(17)18)10(3-7(13)14)4-8(15)16;;;;/h2*5H,1-4H2,(H,11,12)(H,13,14)(H,15,16)(H,17,18);;;;/q;;4*+1/p-4. The molecule has 2 atom stereocenters. The van der Waals surface area contributed by atoms with Gasteiger partial charge in [-0.25, -0.2) is 0 Å². The fourth-order valence-electron chi connectivity index (χ4n) is 2.66. The zero-order valence-corrected chi connectivity index (χ0v) is 30.4. The van der Waals surface area contributed by atoms with E-state index in [4.69, 9.17) is 20.4 Å². The first-order chi connectivity index (χ1) is 16.5. The Morgan fingerprint density at radius 2 is 0.675 bits per heavy atom. The molecule has 2 unspecified atom stereocenters. The van der Waals surface area contributed by atoms with Crippen LogP contribution in [0.15, 0.2) is 0 Å². The molecule has 0 aromatic heterocycles. The van der Waals surface area contributed by atoms with Crippen LogP contribution in [-0.4, -0.2) is 116 Å². The van der Waals surface area contributed by atoms with E-state index >= 15 is 0 Å². The predicted octanol–water partition coefficient (Wildman–Crippen LogP) is -19.8. The van der Waals surface area contributed by atoms with Crippen LogP contribution < -0.4 is 139 Å². The van der Waals surface area contributed by atoms with E-state index in [1.165, 1.54) is 0 Å². The van der Waals surface area contributed by atoms with Crippen molar-refractivity contribution in [2.45, 2.75) is 37.8 Å². The Hall–Kier alpha value is -0.320. The van der Waals surface area contributed by atoms with Crippen molar-refractivity contribution in [2.75, 3.05) is 26.2 Å². The van der Waals surface area contributed by atoms with Crippen molar-refractivity contribution in [3.8, 4) is 0 Å². The first kappa shape index (κ1) is 52.3. The van der Waals surface area contributed by atoms with Gasteiger partial charge in [-0.1, -0.05) is 0 Å². The molecule has 0 amide bonds. The molecule has 40 heavy (non-hydrogen) atoms. The van der Waals surface area contributed by atoms with Gasteiger partial charge < -0.3 is 60.0 Å². The molecule has 0 saturated heterocycles. The first-order valence-corrected chi connectivity index (χ1v) is 9.64. The van der Waals surface area contributed by atoms with Crippen molar-refractivity contribution in [2.24, 2.45) is 0 Å². The fraction of sp³-hybridized carbons (Fsp3) is 0.556. The second kappa shape index (κ2) is 28.8. The molecule has 0 radical (unpaired) electrons. The summed E-state index contributed by atoms with van der Waals surface area (Å²) in [5, 5.41) is 76.0. The van der Waals surface area contributed by atoms with Crippen molar-refractivity contribution < 1.29 is 197 Å². The molecule has 0 fully saturated rings. The van der Waals surface area contributed by atoms with Crippen molar-refractivity contribution in [1.82, 2.24) is 9.80 Å². The van der Waals surface area contributed by atoms with Crippen LogP contribution in [0.1, 0.15) is 25.7 Å². The largest absolute Gasteiger partial charge is 1.00 e. The summed E-state index contributed by atoms with van der Waals surface area (Å²) in [4.78, 5) is 85.0. The summed E-state index contributed by atoms with van der Waals surface area (Å²) in [7, 11) is 0. The number of carboxylic acids is 8. The SMILES string of the molecule is O=C([O-])CN(CC(=O)[O-])C(CCC(=O)O)C(=O)O.O=C([O-])CN(CC(=O)[O-])C(CCC(=O)O)C(=O)O.[Na+].[Na+].[Na+].[Na+]. The van der Waals surface area contributed by atoms with Gasteiger partial charge in [0, 0.05) is 39.0 Å². The molecule has 204 valence electrons. The third kappa shape index (κ3) is 29.2. The fourth-order valence-corrected chi connectivity index (χ4v) is 2.66. The maximum Gasteiger partial charge on any atom is 1.00 e. The number of rotatable bonds is 18. The van der Waals surface area contributed by atoms with Gasteiger partial charge in [-0.15, -0.1) is 0 Å². The van der Waals surface area contributed by atoms with Gasteiger partial charge in [0.25, 0.3) is 0 Å². The Kier molecular flexibility index (Phi) is 37.7. The van der Waals surface area contributed by atoms with Crippen molar-refractivity contribution >= 4 is 47.8 Å². The minimum absolute atomic E-state index is 0.